The third kappa shape index (κ3) is 6.67. The second-order valence-corrected chi connectivity index (χ2v) is 8.07. The third-order valence-corrected chi connectivity index (χ3v) is 4.73. The quantitative estimate of drug-likeness (QED) is 0.671. The van der Waals surface area contributed by atoms with Crippen LogP contribution in [0, 0.1) is 0 Å². The van der Waals surface area contributed by atoms with Crippen LogP contribution in [0.3, 0.4) is 0 Å². The molecule has 1 atom stereocenters. The van der Waals surface area contributed by atoms with E-state index in [-0.39, 0.29) is 12.0 Å². The molecule has 1 rings (SSSR count). The third-order valence-electron chi connectivity index (χ3n) is 3.24. The number of benzene rings is 1. The summed E-state index contributed by atoms with van der Waals surface area (Å²) < 4.78 is 30.7. The number of halogens is 1. The number of hydrogen-bond donors (Lipinski definition) is 1. The second kappa shape index (κ2) is 9.25. The van der Waals surface area contributed by atoms with E-state index in [1.807, 2.05) is 13.8 Å². The Hall–Kier alpha value is -1.31. The number of rotatable bonds is 9. The van der Waals surface area contributed by atoms with Crippen molar-refractivity contribution < 1.29 is 17.9 Å². The smallest absolute Gasteiger partial charge is 0.243 e. The van der Waals surface area contributed by atoms with Crippen molar-refractivity contribution in [3.63, 3.8) is 0 Å². The van der Waals surface area contributed by atoms with Gasteiger partial charge in [0.25, 0.3) is 0 Å². The molecular weight excluding hydrogens is 352 g/mol. The first-order valence-corrected chi connectivity index (χ1v) is 10.00. The first-order chi connectivity index (χ1) is 11.1. The zero-order chi connectivity index (χ0) is 18.3. The van der Waals surface area contributed by atoms with Crippen LogP contribution in [-0.2, 0) is 19.6 Å². The summed E-state index contributed by atoms with van der Waals surface area (Å²) in [5.74, 6) is -0.361. The predicted molar refractivity (Wildman–Crippen MR) is 97.0 cm³/mol. The number of nitrogens with one attached hydrogen (secondary N) is 1. The van der Waals surface area contributed by atoms with Crippen molar-refractivity contribution in [3.8, 4) is 0 Å². The fourth-order valence-corrected chi connectivity index (χ4v) is 3.45. The normalized spacial score (nSPS) is 12.9. The van der Waals surface area contributed by atoms with E-state index in [4.69, 9.17) is 16.3 Å². The summed E-state index contributed by atoms with van der Waals surface area (Å²) in [6, 6.07) is 5.45. The van der Waals surface area contributed by atoms with E-state index >= 15 is 0 Å². The number of ether oxygens (including phenoxy) is 1. The molecule has 0 unspecified atom stereocenters. The van der Waals surface area contributed by atoms with Crippen molar-refractivity contribution in [2.75, 3.05) is 23.7 Å². The van der Waals surface area contributed by atoms with Gasteiger partial charge in [-0.25, -0.2) is 8.42 Å². The molecule has 0 saturated carbocycles. The Bertz CT molecular complexity index is 632. The van der Waals surface area contributed by atoms with Crippen molar-refractivity contribution in [2.24, 2.45) is 0 Å². The van der Waals surface area contributed by atoms with Gasteiger partial charge in [0, 0.05) is 18.2 Å². The topological polar surface area (TPSA) is 75.7 Å². The maximum absolute atomic E-state index is 12.3. The Morgan fingerprint density at radius 2 is 1.83 bits per heavy atom. The van der Waals surface area contributed by atoms with Gasteiger partial charge in [0.05, 0.1) is 18.0 Å². The van der Waals surface area contributed by atoms with E-state index < -0.39 is 16.1 Å². The maximum atomic E-state index is 12.3. The summed E-state index contributed by atoms with van der Waals surface area (Å²) in [5, 5.41) is 3.23. The van der Waals surface area contributed by atoms with Crippen LogP contribution in [0.1, 0.15) is 27.2 Å². The van der Waals surface area contributed by atoms with Gasteiger partial charge in [-0.15, -0.1) is 0 Å². The molecule has 136 valence electrons. The minimum atomic E-state index is -3.62. The summed E-state index contributed by atoms with van der Waals surface area (Å²) in [6.45, 7) is 6.40. The summed E-state index contributed by atoms with van der Waals surface area (Å²) in [5.41, 5.74) is 0.396. The molecule has 0 bridgehead atoms. The van der Waals surface area contributed by atoms with E-state index in [2.05, 4.69) is 5.32 Å². The highest BCUT2D eigenvalue weighted by Crippen LogP contribution is 2.22. The lowest BCUT2D eigenvalue weighted by Crippen LogP contribution is -2.48. The fourth-order valence-electron chi connectivity index (χ4n) is 2.15. The predicted octanol–water partition coefficient (Wildman–Crippen LogP) is 2.43. The number of nitrogens with zero attached hydrogens (tertiary/aromatic N) is 1. The van der Waals surface area contributed by atoms with Crippen LogP contribution in [-0.4, -0.2) is 45.9 Å². The standard InChI is InChI=1S/C16H25ClN2O4S/c1-12(2)23-11-5-10-18-16(20)13(3)19(24(4,21)22)15-8-6-14(17)7-9-15/h6-9,12-13H,5,10-11H2,1-4H3,(H,18,20)/t13-/m1/s1. The molecular formula is C16H25ClN2O4S. The lowest BCUT2D eigenvalue weighted by atomic mass is 10.2. The van der Waals surface area contributed by atoms with Crippen molar-refractivity contribution in [1.29, 1.82) is 0 Å². The monoisotopic (exact) mass is 376 g/mol. The number of anilines is 1. The molecule has 0 radical (unpaired) electrons. The van der Waals surface area contributed by atoms with Gasteiger partial charge in [-0.05, 0) is 51.5 Å². The molecule has 0 spiro atoms. The van der Waals surface area contributed by atoms with Gasteiger partial charge in [-0.1, -0.05) is 11.6 Å². The Labute approximate surface area is 149 Å². The van der Waals surface area contributed by atoms with Crippen LogP contribution in [0.4, 0.5) is 5.69 Å². The molecule has 0 aliphatic heterocycles. The number of sulfonamides is 1. The van der Waals surface area contributed by atoms with E-state index in [1.165, 1.54) is 0 Å². The van der Waals surface area contributed by atoms with Gasteiger partial charge < -0.3 is 10.1 Å². The highest BCUT2D eigenvalue weighted by molar-refractivity contribution is 7.92. The second-order valence-electron chi connectivity index (χ2n) is 5.78. The summed E-state index contributed by atoms with van der Waals surface area (Å²) in [7, 11) is -3.62. The fraction of sp³-hybridized carbons (Fsp3) is 0.562. The van der Waals surface area contributed by atoms with Crippen molar-refractivity contribution in [1.82, 2.24) is 5.32 Å². The average molecular weight is 377 g/mol. The van der Waals surface area contributed by atoms with Crippen LogP contribution in [0.2, 0.25) is 5.02 Å². The van der Waals surface area contributed by atoms with Crippen LogP contribution < -0.4 is 9.62 Å². The largest absolute Gasteiger partial charge is 0.379 e. The van der Waals surface area contributed by atoms with Crippen LogP contribution in [0.25, 0.3) is 0 Å². The van der Waals surface area contributed by atoms with Gasteiger partial charge in [0.1, 0.15) is 6.04 Å². The highest BCUT2D eigenvalue weighted by atomic mass is 35.5. The van der Waals surface area contributed by atoms with Crippen LogP contribution in [0.15, 0.2) is 24.3 Å². The molecule has 0 fully saturated rings. The minimum absolute atomic E-state index is 0.144. The van der Waals surface area contributed by atoms with E-state index in [0.717, 1.165) is 10.6 Å². The molecule has 0 aliphatic rings. The first kappa shape index (κ1) is 20.7. The molecule has 1 aromatic rings. The van der Waals surface area contributed by atoms with Crippen molar-refractivity contribution in [2.45, 2.75) is 39.3 Å². The average Bonchev–Trinajstić information content (AvgIpc) is 2.47. The van der Waals surface area contributed by atoms with Crippen molar-refractivity contribution in [3.05, 3.63) is 29.3 Å². The zero-order valence-electron chi connectivity index (χ0n) is 14.5. The van der Waals surface area contributed by atoms with Crippen LogP contribution in [0.5, 0.6) is 0 Å². The lowest BCUT2D eigenvalue weighted by molar-refractivity contribution is -0.121. The van der Waals surface area contributed by atoms with Gasteiger partial charge in [-0.2, -0.15) is 0 Å². The van der Waals surface area contributed by atoms with E-state index in [1.54, 1.807) is 31.2 Å². The molecule has 0 aliphatic carbocycles. The van der Waals surface area contributed by atoms with Gasteiger partial charge in [0.15, 0.2) is 0 Å². The summed E-state index contributed by atoms with van der Waals surface area (Å²) >= 11 is 5.83. The van der Waals surface area contributed by atoms with Gasteiger partial charge in [0.2, 0.25) is 15.9 Å². The van der Waals surface area contributed by atoms with Crippen LogP contribution >= 0.6 is 11.6 Å². The number of amides is 1. The first-order valence-electron chi connectivity index (χ1n) is 7.77. The molecule has 0 saturated heterocycles. The molecule has 0 heterocycles. The molecule has 1 aromatic carbocycles. The van der Waals surface area contributed by atoms with E-state index in [0.29, 0.717) is 30.3 Å². The molecule has 8 heteroatoms. The van der Waals surface area contributed by atoms with E-state index in [9.17, 15) is 13.2 Å². The molecule has 1 N–H and O–H groups in total. The SMILES string of the molecule is CC(C)OCCCNC(=O)[C@@H](C)N(c1ccc(Cl)cc1)S(C)(=O)=O. The number of hydrogen-bond acceptors (Lipinski definition) is 4. The number of carbonyl (C=O) groups excluding carboxylic acids is 1. The van der Waals surface area contributed by atoms with Crippen molar-refractivity contribution >= 4 is 33.2 Å². The summed E-state index contributed by atoms with van der Waals surface area (Å²) in [4.78, 5) is 12.3. The maximum Gasteiger partial charge on any atom is 0.243 e. The summed E-state index contributed by atoms with van der Waals surface area (Å²) in [6.07, 6.45) is 1.88. The van der Waals surface area contributed by atoms with Gasteiger partial charge >= 0.3 is 0 Å². The molecule has 6 nitrogen and oxygen atoms in total. The molecule has 24 heavy (non-hydrogen) atoms. The molecule has 0 aromatic heterocycles. The van der Waals surface area contributed by atoms with Gasteiger partial charge in [-0.3, -0.25) is 9.10 Å². The minimum Gasteiger partial charge on any atom is -0.379 e. The lowest BCUT2D eigenvalue weighted by Gasteiger charge is -2.28. The highest BCUT2D eigenvalue weighted by Gasteiger charge is 2.28. The Kier molecular flexibility index (Phi) is 7.99. The Morgan fingerprint density at radius 3 is 2.33 bits per heavy atom. The Morgan fingerprint density at radius 1 is 1.25 bits per heavy atom. The number of carbonyl (C=O) groups is 1. The zero-order valence-corrected chi connectivity index (χ0v) is 16.0. The Balaban J connectivity index is 2.73. The molecule has 1 amide bonds.